The van der Waals surface area contributed by atoms with Crippen LogP contribution in [0.3, 0.4) is 0 Å². The van der Waals surface area contributed by atoms with E-state index in [0.29, 0.717) is 12.2 Å². The highest BCUT2D eigenvalue weighted by atomic mass is 16.4. The molecule has 0 fully saturated rings. The molecule has 21 heavy (non-hydrogen) atoms. The summed E-state index contributed by atoms with van der Waals surface area (Å²) in [5, 5.41) is 12.0. The predicted octanol–water partition coefficient (Wildman–Crippen LogP) is 3.03. The zero-order valence-corrected chi connectivity index (χ0v) is 12.1. The Labute approximate surface area is 124 Å². The molecule has 2 N–H and O–H groups in total. The lowest BCUT2D eigenvalue weighted by Crippen LogP contribution is -2.38. The van der Waals surface area contributed by atoms with Crippen LogP contribution in [0.4, 0.5) is 10.5 Å². The molecule has 112 valence electrons. The number of carbonyl (C=O) groups is 2. The number of hydrogen-bond donors (Lipinski definition) is 2. The first kappa shape index (κ1) is 15.1. The molecule has 0 saturated carbocycles. The van der Waals surface area contributed by atoms with Crippen molar-refractivity contribution in [3.63, 3.8) is 0 Å². The number of carboxylic acid groups (broad SMARTS) is 1. The van der Waals surface area contributed by atoms with Gasteiger partial charge in [-0.2, -0.15) is 0 Å². The monoisotopic (exact) mass is 288 g/mol. The third-order valence-corrected chi connectivity index (χ3v) is 3.66. The zero-order valence-electron chi connectivity index (χ0n) is 12.1. The van der Waals surface area contributed by atoms with Crippen molar-refractivity contribution in [2.75, 3.05) is 18.5 Å². The number of nitrogens with zero attached hydrogens (tertiary/aromatic N) is 1. The molecule has 0 spiro atoms. The summed E-state index contributed by atoms with van der Waals surface area (Å²) in [5.41, 5.74) is 1.90. The molecular weight excluding hydrogens is 268 g/mol. The molecule has 0 aliphatic heterocycles. The third kappa shape index (κ3) is 3.84. The molecule has 0 unspecified atom stereocenters. The van der Waals surface area contributed by atoms with E-state index in [4.69, 9.17) is 5.11 Å². The van der Waals surface area contributed by atoms with E-state index < -0.39 is 5.97 Å². The van der Waals surface area contributed by atoms with Crippen LogP contribution in [-0.4, -0.2) is 30.7 Å². The molecule has 0 radical (unpaired) electrons. The Morgan fingerprint density at radius 1 is 1.33 bits per heavy atom. The van der Waals surface area contributed by atoms with Crippen molar-refractivity contribution in [1.29, 1.82) is 0 Å². The predicted molar refractivity (Wildman–Crippen MR) is 81.8 cm³/mol. The molecule has 2 rings (SSSR count). The highest BCUT2D eigenvalue weighted by Crippen LogP contribution is 2.21. The number of carbonyl (C=O) groups excluding carboxylic acids is 1. The summed E-state index contributed by atoms with van der Waals surface area (Å²) in [6.45, 7) is 0.574. The van der Waals surface area contributed by atoms with E-state index >= 15 is 0 Å². The molecule has 0 heterocycles. The Kier molecular flexibility index (Phi) is 4.98. The molecule has 1 aromatic carbocycles. The Morgan fingerprint density at radius 2 is 2.10 bits per heavy atom. The van der Waals surface area contributed by atoms with Crippen LogP contribution < -0.4 is 10.2 Å². The molecule has 1 aliphatic carbocycles. The van der Waals surface area contributed by atoms with Gasteiger partial charge in [-0.25, -0.2) is 9.59 Å². The number of rotatable bonds is 5. The summed E-state index contributed by atoms with van der Waals surface area (Å²) in [4.78, 5) is 24.6. The van der Waals surface area contributed by atoms with Gasteiger partial charge in [0.2, 0.25) is 0 Å². The summed E-state index contributed by atoms with van der Waals surface area (Å²) < 4.78 is 0. The Hall–Kier alpha value is -2.30. The Morgan fingerprint density at radius 3 is 2.76 bits per heavy atom. The average Bonchev–Trinajstić information content (AvgIpc) is 2.99. The van der Waals surface area contributed by atoms with Gasteiger partial charge in [0.1, 0.15) is 0 Å². The maximum atomic E-state index is 12.1. The average molecular weight is 288 g/mol. The van der Waals surface area contributed by atoms with Crippen LogP contribution in [0.5, 0.6) is 0 Å². The fraction of sp³-hybridized carbons (Fsp3) is 0.375. The van der Waals surface area contributed by atoms with Crippen molar-refractivity contribution in [3.05, 3.63) is 41.5 Å². The molecular formula is C16H20N2O3. The molecule has 0 aromatic heterocycles. The number of anilines is 1. The summed E-state index contributed by atoms with van der Waals surface area (Å²) in [5.74, 6) is -1.04. The molecule has 0 atom stereocenters. The van der Waals surface area contributed by atoms with E-state index in [9.17, 15) is 9.59 Å². The number of amides is 2. The van der Waals surface area contributed by atoms with Gasteiger partial charge in [-0.15, -0.1) is 0 Å². The lowest BCUT2D eigenvalue weighted by Gasteiger charge is -2.20. The van der Waals surface area contributed by atoms with Crippen LogP contribution in [0.15, 0.2) is 35.9 Å². The van der Waals surface area contributed by atoms with Gasteiger partial charge in [-0.1, -0.05) is 23.8 Å². The van der Waals surface area contributed by atoms with E-state index in [2.05, 4.69) is 11.4 Å². The van der Waals surface area contributed by atoms with Gasteiger partial charge in [0.25, 0.3) is 0 Å². The maximum absolute atomic E-state index is 12.1. The maximum Gasteiger partial charge on any atom is 0.337 e. The normalized spacial score (nSPS) is 13.7. The highest BCUT2D eigenvalue weighted by molar-refractivity contribution is 6.01. The van der Waals surface area contributed by atoms with Crippen LogP contribution in [0.2, 0.25) is 0 Å². The largest absolute Gasteiger partial charge is 0.478 e. The number of carboxylic acids is 1. The van der Waals surface area contributed by atoms with E-state index in [-0.39, 0.29) is 11.6 Å². The first-order chi connectivity index (χ1) is 10.1. The third-order valence-electron chi connectivity index (χ3n) is 3.66. The molecule has 5 heteroatoms. The summed E-state index contributed by atoms with van der Waals surface area (Å²) in [7, 11) is 1.58. The van der Waals surface area contributed by atoms with Crippen LogP contribution in [0, 0.1) is 0 Å². The van der Waals surface area contributed by atoms with Crippen molar-refractivity contribution in [2.24, 2.45) is 0 Å². The lowest BCUT2D eigenvalue weighted by atomic mass is 10.1. The fourth-order valence-electron chi connectivity index (χ4n) is 2.47. The first-order valence-corrected chi connectivity index (χ1v) is 7.11. The van der Waals surface area contributed by atoms with E-state index in [1.165, 1.54) is 23.0 Å². The van der Waals surface area contributed by atoms with E-state index in [0.717, 1.165) is 19.3 Å². The zero-order chi connectivity index (χ0) is 15.2. The van der Waals surface area contributed by atoms with Gasteiger partial charge >= 0.3 is 12.0 Å². The molecule has 0 bridgehead atoms. The van der Waals surface area contributed by atoms with Crippen LogP contribution >= 0.6 is 0 Å². The summed E-state index contributed by atoms with van der Waals surface area (Å²) in [6.07, 6.45) is 6.55. The highest BCUT2D eigenvalue weighted by Gasteiger charge is 2.17. The number of hydrogen-bond acceptors (Lipinski definition) is 2. The van der Waals surface area contributed by atoms with Crippen molar-refractivity contribution < 1.29 is 14.7 Å². The second kappa shape index (κ2) is 6.92. The first-order valence-electron chi connectivity index (χ1n) is 7.11. The van der Waals surface area contributed by atoms with E-state index in [1.807, 2.05) is 0 Å². The van der Waals surface area contributed by atoms with Gasteiger partial charge < -0.3 is 10.4 Å². The number of para-hydroxylation sites is 1. The van der Waals surface area contributed by atoms with Crippen molar-refractivity contribution in [3.8, 4) is 0 Å². The van der Waals surface area contributed by atoms with Crippen LogP contribution in [-0.2, 0) is 0 Å². The molecule has 0 saturated heterocycles. The minimum Gasteiger partial charge on any atom is -0.478 e. The number of allylic oxidation sites excluding steroid dienone is 1. The van der Waals surface area contributed by atoms with Crippen molar-refractivity contribution in [1.82, 2.24) is 5.32 Å². The number of nitrogens with one attached hydrogen (secondary N) is 1. The Bertz CT molecular complexity index is 566. The van der Waals surface area contributed by atoms with Crippen molar-refractivity contribution >= 4 is 17.7 Å². The molecule has 1 aliphatic rings. The minimum absolute atomic E-state index is 0.119. The number of urea groups is 1. The fourth-order valence-corrected chi connectivity index (χ4v) is 2.47. The van der Waals surface area contributed by atoms with Crippen LogP contribution in [0.1, 0.15) is 36.0 Å². The van der Waals surface area contributed by atoms with Gasteiger partial charge in [-0.3, -0.25) is 4.90 Å². The van der Waals surface area contributed by atoms with E-state index in [1.54, 1.807) is 25.2 Å². The standard InChI is InChI=1S/C16H20N2O3/c1-18(14-9-5-4-8-13(14)15(19)20)16(21)17-11-10-12-6-2-3-7-12/h4-6,8-9H,2-3,7,10-11H2,1H3,(H,17,21)(H,19,20). The van der Waals surface area contributed by atoms with Gasteiger partial charge in [0.05, 0.1) is 11.3 Å². The summed E-state index contributed by atoms with van der Waals surface area (Å²) in [6, 6.07) is 6.19. The van der Waals surface area contributed by atoms with Gasteiger partial charge in [-0.05, 0) is 37.8 Å². The number of aromatic carboxylic acids is 1. The SMILES string of the molecule is CN(C(=O)NCCC1=CCCC1)c1ccccc1C(=O)O. The second-order valence-electron chi connectivity index (χ2n) is 5.12. The van der Waals surface area contributed by atoms with Gasteiger partial charge in [0.15, 0.2) is 0 Å². The molecule has 2 amide bonds. The van der Waals surface area contributed by atoms with Crippen LogP contribution in [0.25, 0.3) is 0 Å². The Balaban J connectivity index is 1.94. The molecule has 5 nitrogen and oxygen atoms in total. The summed E-state index contributed by atoms with van der Waals surface area (Å²) >= 11 is 0. The minimum atomic E-state index is -1.04. The second-order valence-corrected chi connectivity index (χ2v) is 5.12. The quantitative estimate of drug-likeness (QED) is 0.818. The number of benzene rings is 1. The van der Waals surface area contributed by atoms with Gasteiger partial charge in [0, 0.05) is 13.6 Å². The molecule has 1 aromatic rings. The smallest absolute Gasteiger partial charge is 0.337 e. The van der Waals surface area contributed by atoms with Crippen molar-refractivity contribution in [2.45, 2.75) is 25.7 Å². The topological polar surface area (TPSA) is 69.6 Å². The lowest BCUT2D eigenvalue weighted by molar-refractivity contribution is 0.0697.